The molecule has 7 heteroatoms. The van der Waals surface area contributed by atoms with Crippen molar-refractivity contribution in [3.8, 4) is 6.07 Å². The van der Waals surface area contributed by atoms with Crippen LogP contribution in [0.25, 0.3) is 0 Å². The van der Waals surface area contributed by atoms with E-state index in [1.807, 2.05) is 12.1 Å². The van der Waals surface area contributed by atoms with Crippen LogP contribution in [0.2, 0.25) is 0 Å². The molecular formula is C22H27N7. The highest BCUT2D eigenvalue weighted by atomic mass is 15.1. The Bertz CT molecular complexity index is 907. The number of hydrogen-bond acceptors (Lipinski definition) is 7. The molecule has 150 valence electrons. The van der Waals surface area contributed by atoms with E-state index in [9.17, 15) is 5.26 Å². The van der Waals surface area contributed by atoms with Gasteiger partial charge in [-0.1, -0.05) is 0 Å². The molecule has 4 aliphatic rings. The van der Waals surface area contributed by atoms with E-state index in [0.29, 0.717) is 47.2 Å². The quantitative estimate of drug-likeness (QED) is 0.696. The fourth-order valence-corrected chi connectivity index (χ4v) is 6.09. The molecule has 4 saturated carbocycles. The number of nitriles is 1. The summed E-state index contributed by atoms with van der Waals surface area (Å²) in [6, 6.07) is 6.51. The van der Waals surface area contributed by atoms with Gasteiger partial charge in [0.25, 0.3) is 0 Å². The Kier molecular flexibility index (Phi) is 4.59. The van der Waals surface area contributed by atoms with E-state index in [0.717, 1.165) is 18.0 Å². The maximum absolute atomic E-state index is 9.50. The van der Waals surface area contributed by atoms with E-state index in [-0.39, 0.29) is 0 Å². The molecule has 0 radical (unpaired) electrons. The molecule has 4 aliphatic carbocycles. The van der Waals surface area contributed by atoms with Gasteiger partial charge in [-0.25, -0.2) is 4.98 Å². The molecule has 0 aliphatic heterocycles. The summed E-state index contributed by atoms with van der Waals surface area (Å²) in [5.74, 6) is 3.31. The molecule has 0 aromatic carbocycles. The molecule has 29 heavy (non-hydrogen) atoms. The van der Waals surface area contributed by atoms with Crippen LogP contribution < -0.4 is 16.4 Å². The van der Waals surface area contributed by atoms with Crippen molar-refractivity contribution in [1.29, 1.82) is 5.26 Å². The van der Waals surface area contributed by atoms with E-state index >= 15 is 0 Å². The van der Waals surface area contributed by atoms with Crippen molar-refractivity contribution in [3.05, 3.63) is 41.9 Å². The third-order valence-corrected chi connectivity index (χ3v) is 7.21. The highest BCUT2D eigenvalue weighted by Crippen LogP contribution is 2.59. The van der Waals surface area contributed by atoms with Crippen LogP contribution in [0.15, 0.2) is 30.7 Å². The molecule has 0 amide bonds. The second kappa shape index (κ2) is 7.27. The number of nitrogens with two attached hydrogens (primary N) is 1. The van der Waals surface area contributed by atoms with Crippen LogP contribution in [0.1, 0.15) is 43.2 Å². The average molecular weight is 390 g/mol. The van der Waals surface area contributed by atoms with Crippen molar-refractivity contribution in [2.24, 2.45) is 28.9 Å². The van der Waals surface area contributed by atoms with E-state index in [1.54, 1.807) is 18.6 Å². The van der Waals surface area contributed by atoms with Gasteiger partial charge in [-0.3, -0.25) is 4.98 Å². The molecule has 2 aromatic rings. The number of nitrogens with one attached hydrogen (secondary N) is 2. The van der Waals surface area contributed by atoms with Crippen LogP contribution in [-0.4, -0.2) is 27.5 Å². The fraction of sp³-hybridized carbons (Fsp3) is 0.545. The van der Waals surface area contributed by atoms with Gasteiger partial charge in [0.15, 0.2) is 0 Å². The Hall–Kier alpha value is -2.72. The smallest absolute Gasteiger partial charge is 0.224 e. The Morgan fingerprint density at radius 3 is 2.62 bits per heavy atom. The number of hydrogen-bond donors (Lipinski definition) is 3. The zero-order valence-corrected chi connectivity index (χ0v) is 16.5. The third-order valence-electron chi connectivity index (χ3n) is 7.21. The molecular weight excluding hydrogens is 362 g/mol. The minimum absolute atomic E-state index is 0.300. The van der Waals surface area contributed by atoms with E-state index in [2.05, 4.69) is 31.7 Å². The Labute approximate surface area is 171 Å². The average Bonchev–Trinajstić information content (AvgIpc) is 2.75. The molecule has 7 nitrogen and oxygen atoms in total. The van der Waals surface area contributed by atoms with E-state index < -0.39 is 0 Å². The number of nitrogens with zero attached hydrogens (tertiary/aromatic N) is 4. The molecule has 4 N–H and O–H groups in total. The number of aromatic nitrogens is 3. The summed E-state index contributed by atoms with van der Waals surface area (Å²) >= 11 is 0. The summed E-state index contributed by atoms with van der Waals surface area (Å²) in [7, 11) is 0. The van der Waals surface area contributed by atoms with Crippen molar-refractivity contribution >= 4 is 11.8 Å². The van der Waals surface area contributed by atoms with Crippen LogP contribution in [0, 0.1) is 34.5 Å². The van der Waals surface area contributed by atoms with E-state index in [4.69, 9.17) is 5.73 Å². The van der Waals surface area contributed by atoms with Gasteiger partial charge in [0.1, 0.15) is 17.5 Å². The molecule has 5 atom stereocenters. The fourth-order valence-electron chi connectivity index (χ4n) is 6.09. The van der Waals surface area contributed by atoms with Crippen LogP contribution in [-0.2, 0) is 6.54 Å². The maximum atomic E-state index is 9.50. The molecule has 0 saturated heterocycles. The summed E-state index contributed by atoms with van der Waals surface area (Å²) in [6.07, 6.45) is 11.4. The molecule has 4 bridgehead atoms. The van der Waals surface area contributed by atoms with Crippen molar-refractivity contribution < 1.29 is 0 Å². The van der Waals surface area contributed by atoms with Crippen LogP contribution >= 0.6 is 0 Å². The lowest BCUT2D eigenvalue weighted by molar-refractivity contribution is -0.0591. The van der Waals surface area contributed by atoms with Crippen molar-refractivity contribution in [1.82, 2.24) is 15.0 Å². The number of pyridine rings is 1. The summed E-state index contributed by atoms with van der Waals surface area (Å²) in [6.45, 7) is 1.47. The first-order chi connectivity index (χ1) is 14.1. The van der Waals surface area contributed by atoms with Gasteiger partial charge in [0, 0.05) is 31.5 Å². The summed E-state index contributed by atoms with van der Waals surface area (Å²) < 4.78 is 0. The van der Waals surface area contributed by atoms with Gasteiger partial charge in [-0.05, 0) is 73.0 Å². The first kappa shape index (κ1) is 18.3. The maximum Gasteiger partial charge on any atom is 0.224 e. The molecule has 0 spiro atoms. The van der Waals surface area contributed by atoms with Gasteiger partial charge in [-0.15, -0.1) is 0 Å². The van der Waals surface area contributed by atoms with Crippen LogP contribution in [0.4, 0.5) is 11.8 Å². The monoisotopic (exact) mass is 389 g/mol. The Balaban J connectivity index is 1.29. The van der Waals surface area contributed by atoms with Gasteiger partial charge in [0.2, 0.25) is 5.95 Å². The lowest BCUT2D eigenvalue weighted by Gasteiger charge is -2.59. The van der Waals surface area contributed by atoms with Gasteiger partial charge < -0.3 is 16.4 Å². The lowest BCUT2D eigenvalue weighted by Crippen LogP contribution is -2.58. The summed E-state index contributed by atoms with van der Waals surface area (Å²) in [4.78, 5) is 12.9. The lowest BCUT2D eigenvalue weighted by atomic mass is 9.48. The highest BCUT2D eigenvalue weighted by Gasteiger charge is 2.54. The van der Waals surface area contributed by atoms with Gasteiger partial charge in [0.05, 0.1) is 6.20 Å². The summed E-state index contributed by atoms with van der Waals surface area (Å²) in [5.41, 5.74) is 8.38. The standard InChI is InChI=1S/C22H27N7/c23-10-18-12-27-21(26-11-14-1-3-25-4-2-14)29-20(18)28-13-22-7-15-5-16(8-22)19(24)17(6-15)9-22/h1-4,12,15-17,19H,5-9,11,13,24H2,(H2,26,27,28,29)/t15?,16-,17+,19?,22?. The molecule has 2 aromatic heterocycles. The predicted molar refractivity (Wildman–Crippen MR) is 111 cm³/mol. The SMILES string of the molecule is N#Cc1cnc(NCc2ccncc2)nc1NCC12CC3C[C@H](C1)C(N)[C@@H](C3)C2. The minimum atomic E-state index is 0.300. The zero-order chi connectivity index (χ0) is 19.8. The number of rotatable bonds is 6. The van der Waals surface area contributed by atoms with Gasteiger partial charge in [-0.2, -0.15) is 10.2 Å². The van der Waals surface area contributed by atoms with E-state index in [1.165, 1.54) is 32.1 Å². The van der Waals surface area contributed by atoms with Crippen LogP contribution in [0.5, 0.6) is 0 Å². The number of anilines is 2. The first-order valence-electron chi connectivity index (χ1n) is 10.5. The molecule has 3 unspecified atom stereocenters. The van der Waals surface area contributed by atoms with Gasteiger partial charge >= 0.3 is 0 Å². The minimum Gasteiger partial charge on any atom is -0.368 e. The predicted octanol–water partition coefficient (Wildman–Crippen LogP) is 2.92. The topological polar surface area (TPSA) is 113 Å². The zero-order valence-electron chi connectivity index (χ0n) is 16.5. The molecule has 4 fully saturated rings. The highest BCUT2D eigenvalue weighted by molar-refractivity contribution is 5.53. The van der Waals surface area contributed by atoms with Crippen molar-refractivity contribution in [3.63, 3.8) is 0 Å². The Morgan fingerprint density at radius 1 is 1.14 bits per heavy atom. The van der Waals surface area contributed by atoms with Crippen molar-refractivity contribution in [2.75, 3.05) is 17.2 Å². The summed E-state index contributed by atoms with van der Waals surface area (Å²) in [5, 5.41) is 16.2. The normalized spacial score (nSPS) is 32.0. The van der Waals surface area contributed by atoms with Crippen molar-refractivity contribution in [2.45, 2.75) is 44.7 Å². The van der Waals surface area contributed by atoms with Crippen LogP contribution in [0.3, 0.4) is 0 Å². The molecule has 6 rings (SSSR count). The second-order valence-corrected chi connectivity index (χ2v) is 9.18. The third kappa shape index (κ3) is 3.53. The largest absolute Gasteiger partial charge is 0.368 e. The second-order valence-electron chi connectivity index (χ2n) is 9.18. The first-order valence-corrected chi connectivity index (χ1v) is 10.5. The Morgan fingerprint density at radius 2 is 1.90 bits per heavy atom. The molecule has 2 heterocycles.